The number of halogens is 2. The standard InChI is InChI=1S/C17H19F2N3OS/c1-11-4-6-22(7-5-11)9-13-10-24-17(20-13)21-16(23)14-3-2-12(18)8-15(14)19/h2-3,8,10-11H,4-7,9H2,1H3,(H,20,21,23). The molecule has 1 fully saturated rings. The third-order valence-electron chi connectivity index (χ3n) is 4.21. The lowest BCUT2D eigenvalue weighted by atomic mass is 9.99. The van der Waals surface area contributed by atoms with Crippen LogP contribution >= 0.6 is 11.3 Å². The van der Waals surface area contributed by atoms with Crippen LogP contribution in [0.15, 0.2) is 23.6 Å². The van der Waals surface area contributed by atoms with Crippen LogP contribution in [0.2, 0.25) is 0 Å². The van der Waals surface area contributed by atoms with Crippen molar-refractivity contribution in [1.29, 1.82) is 0 Å². The molecule has 0 unspecified atom stereocenters. The first-order chi connectivity index (χ1) is 11.5. The number of hydrogen-bond acceptors (Lipinski definition) is 4. The second-order valence-electron chi connectivity index (χ2n) is 6.18. The highest BCUT2D eigenvalue weighted by atomic mass is 32.1. The second-order valence-corrected chi connectivity index (χ2v) is 7.04. The van der Waals surface area contributed by atoms with Gasteiger partial charge in [0.25, 0.3) is 5.91 Å². The number of likely N-dealkylation sites (tertiary alicyclic amines) is 1. The van der Waals surface area contributed by atoms with Crippen molar-refractivity contribution in [1.82, 2.24) is 9.88 Å². The van der Waals surface area contributed by atoms with Crippen molar-refractivity contribution in [3.8, 4) is 0 Å². The zero-order valence-corrected chi connectivity index (χ0v) is 14.2. The van der Waals surface area contributed by atoms with E-state index in [-0.39, 0.29) is 5.56 Å². The normalized spacial score (nSPS) is 16.3. The van der Waals surface area contributed by atoms with Crippen molar-refractivity contribution >= 4 is 22.4 Å². The van der Waals surface area contributed by atoms with Crippen LogP contribution in [0, 0.1) is 17.6 Å². The highest BCUT2D eigenvalue weighted by Gasteiger charge is 2.18. The lowest BCUT2D eigenvalue weighted by molar-refractivity contribution is 0.102. The van der Waals surface area contributed by atoms with Crippen molar-refractivity contribution in [3.05, 3.63) is 46.5 Å². The third kappa shape index (κ3) is 4.15. The van der Waals surface area contributed by atoms with Crippen LogP contribution in [0.5, 0.6) is 0 Å². The Labute approximate surface area is 143 Å². The summed E-state index contributed by atoms with van der Waals surface area (Å²) in [5, 5.41) is 4.89. The molecular formula is C17H19F2N3OS. The summed E-state index contributed by atoms with van der Waals surface area (Å²) in [6.45, 7) is 5.13. The molecule has 0 aliphatic carbocycles. The number of benzene rings is 1. The number of nitrogens with zero attached hydrogens (tertiary/aromatic N) is 2. The minimum Gasteiger partial charge on any atom is -0.298 e. The van der Waals surface area contributed by atoms with E-state index in [9.17, 15) is 13.6 Å². The van der Waals surface area contributed by atoms with Gasteiger partial charge in [-0.15, -0.1) is 11.3 Å². The van der Waals surface area contributed by atoms with E-state index in [1.165, 1.54) is 24.2 Å². The van der Waals surface area contributed by atoms with Gasteiger partial charge in [-0.3, -0.25) is 15.0 Å². The molecule has 0 radical (unpaired) electrons. The Morgan fingerprint density at radius 1 is 1.38 bits per heavy atom. The van der Waals surface area contributed by atoms with Gasteiger partial charge in [0, 0.05) is 18.0 Å². The van der Waals surface area contributed by atoms with Gasteiger partial charge < -0.3 is 0 Å². The lowest BCUT2D eigenvalue weighted by Crippen LogP contribution is -2.32. The van der Waals surface area contributed by atoms with Gasteiger partial charge in [-0.2, -0.15) is 0 Å². The van der Waals surface area contributed by atoms with Crippen LogP contribution in [0.25, 0.3) is 0 Å². The summed E-state index contributed by atoms with van der Waals surface area (Å²) in [7, 11) is 0. The van der Waals surface area contributed by atoms with Gasteiger partial charge in [-0.05, 0) is 44.0 Å². The van der Waals surface area contributed by atoms with Gasteiger partial charge in [0.15, 0.2) is 5.13 Å². The van der Waals surface area contributed by atoms with Crippen molar-refractivity contribution in [2.75, 3.05) is 18.4 Å². The van der Waals surface area contributed by atoms with Gasteiger partial charge in [0.2, 0.25) is 0 Å². The summed E-state index contributed by atoms with van der Waals surface area (Å²) >= 11 is 1.30. The number of carbonyl (C=O) groups excluding carboxylic acids is 1. The first kappa shape index (κ1) is 17.0. The van der Waals surface area contributed by atoms with E-state index in [1.807, 2.05) is 5.38 Å². The molecule has 1 aliphatic heterocycles. The molecule has 0 atom stereocenters. The maximum atomic E-state index is 13.6. The summed E-state index contributed by atoms with van der Waals surface area (Å²) < 4.78 is 26.5. The predicted molar refractivity (Wildman–Crippen MR) is 90.1 cm³/mol. The van der Waals surface area contributed by atoms with E-state index in [2.05, 4.69) is 22.1 Å². The fraction of sp³-hybridized carbons (Fsp3) is 0.412. The van der Waals surface area contributed by atoms with E-state index < -0.39 is 17.5 Å². The fourth-order valence-corrected chi connectivity index (χ4v) is 3.42. The molecule has 1 N–H and O–H groups in total. The Kier molecular flexibility index (Phi) is 5.20. The number of anilines is 1. The minimum atomic E-state index is -0.883. The Morgan fingerprint density at radius 2 is 2.12 bits per heavy atom. The first-order valence-corrected chi connectivity index (χ1v) is 8.82. The molecule has 1 aromatic heterocycles. The minimum absolute atomic E-state index is 0.196. The van der Waals surface area contributed by atoms with E-state index >= 15 is 0 Å². The van der Waals surface area contributed by atoms with E-state index in [0.717, 1.165) is 43.4 Å². The van der Waals surface area contributed by atoms with Gasteiger partial charge in [0.05, 0.1) is 11.3 Å². The summed E-state index contributed by atoms with van der Waals surface area (Å²) in [6.07, 6.45) is 2.38. The molecular weight excluding hydrogens is 332 g/mol. The molecule has 1 aliphatic rings. The maximum absolute atomic E-state index is 13.6. The molecule has 1 saturated heterocycles. The molecule has 2 heterocycles. The monoisotopic (exact) mass is 351 g/mol. The Bertz CT molecular complexity index is 726. The summed E-state index contributed by atoms with van der Waals surface area (Å²) in [5.74, 6) is -1.44. The van der Waals surface area contributed by atoms with E-state index in [4.69, 9.17) is 0 Å². The van der Waals surface area contributed by atoms with E-state index in [1.54, 1.807) is 0 Å². The molecule has 7 heteroatoms. The second kappa shape index (κ2) is 7.36. The number of aromatic nitrogens is 1. The Morgan fingerprint density at radius 3 is 2.83 bits per heavy atom. The number of rotatable bonds is 4. The zero-order chi connectivity index (χ0) is 17.1. The van der Waals surface area contributed by atoms with Crippen LogP contribution in [-0.4, -0.2) is 28.9 Å². The molecule has 1 amide bonds. The highest BCUT2D eigenvalue weighted by Crippen LogP contribution is 2.21. The van der Waals surface area contributed by atoms with Crippen molar-refractivity contribution in [2.24, 2.45) is 5.92 Å². The van der Waals surface area contributed by atoms with Crippen molar-refractivity contribution < 1.29 is 13.6 Å². The van der Waals surface area contributed by atoms with Gasteiger partial charge in [0.1, 0.15) is 11.6 Å². The number of nitrogens with one attached hydrogen (secondary N) is 1. The Hall–Kier alpha value is -1.86. The highest BCUT2D eigenvalue weighted by molar-refractivity contribution is 7.13. The fourth-order valence-electron chi connectivity index (χ4n) is 2.72. The molecule has 0 spiro atoms. The molecule has 24 heavy (non-hydrogen) atoms. The summed E-state index contributed by atoms with van der Waals surface area (Å²) in [4.78, 5) is 18.8. The number of thiazole rings is 1. The quantitative estimate of drug-likeness (QED) is 0.908. The molecule has 0 bridgehead atoms. The van der Waals surface area contributed by atoms with Crippen molar-refractivity contribution in [2.45, 2.75) is 26.3 Å². The Balaban J connectivity index is 1.60. The largest absolute Gasteiger partial charge is 0.298 e. The van der Waals surface area contributed by atoms with Crippen LogP contribution in [0.4, 0.5) is 13.9 Å². The van der Waals surface area contributed by atoms with Gasteiger partial charge >= 0.3 is 0 Å². The average molecular weight is 351 g/mol. The zero-order valence-electron chi connectivity index (χ0n) is 13.4. The molecule has 2 aromatic rings. The SMILES string of the molecule is CC1CCN(Cc2csc(NC(=O)c3ccc(F)cc3F)n2)CC1. The number of amides is 1. The van der Waals surface area contributed by atoms with Crippen LogP contribution in [0.3, 0.4) is 0 Å². The molecule has 1 aromatic carbocycles. The molecule has 0 saturated carbocycles. The summed E-state index contributed by atoms with van der Waals surface area (Å²) in [6, 6.07) is 2.88. The smallest absolute Gasteiger partial charge is 0.260 e. The van der Waals surface area contributed by atoms with Crippen LogP contribution in [-0.2, 0) is 6.54 Å². The van der Waals surface area contributed by atoms with Crippen LogP contribution in [0.1, 0.15) is 35.8 Å². The molecule has 4 nitrogen and oxygen atoms in total. The third-order valence-corrected chi connectivity index (χ3v) is 5.02. The van der Waals surface area contributed by atoms with E-state index in [0.29, 0.717) is 11.2 Å². The number of hydrogen-bond donors (Lipinski definition) is 1. The topological polar surface area (TPSA) is 45.2 Å². The summed E-state index contributed by atoms with van der Waals surface area (Å²) in [5.41, 5.74) is 0.697. The molecule has 3 rings (SSSR count). The van der Waals surface area contributed by atoms with Gasteiger partial charge in [-0.1, -0.05) is 6.92 Å². The number of piperidine rings is 1. The molecule has 128 valence electrons. The maximum Gasteiger partial charge on any atom is 0.260 e. The first-order valence-electron chi connectivity index (χ1n) is 7.94. The van der Waals surface area contributed by atoms with Crippen LogP contribution < -0.4 is 5.32 Å². The van der Waals surface area contributed by atoms with Crippen molar-refractivity contribution in [3.63, 3.8) is 0 Å². The predicted octanol–water partition coefficient (Wildman–Crippen LogP) is 3.91. The number of carbonyl (C=O) groups is 1. The van der Waals surface area contributed by atoms with Gasteiger partial charge in [-0.25, -0.2) is 13.8 Å². The lowest BCUT2D eigenvalue weighted by Gasteiger charge is -2.29. The average Bonchev–Trinajstić information content (AvgIpc) is 2.96.